The third-order valence-corrected chi connectivity index (χ3v) is 2.87. The van der Waals surface area contributed by atoms with Crippen molar-refractivity contribution < 1.29 is 14.3 Å². The number of halogens is 1. The molecule has 1 aromatic rings. The molecule has 6 heteroatoms. The lowest BCUT2D eigenvalue weighted by Crippen LogP contribution is -2.35. The van der Waals surface area contributed by atoms with Crippen LogP contribution in [0.4, 0.5) is 0 Å². The number of hydrogen-bond donors (Lipinski definition) is 2. The Morgan fingerprint density at radius 2 is 2.05 bits per heavy atom. The zero-order valence-corrected chi connectivity index (χ0v) is 13.5. The highest BCUT2D eigenvalue weighted by molar-refractivity contribution is 5.85. The van der Waals surface area contributed by atoms with E-state index in [4.69, 9.17) is 9.47 Å². The van der Waals surface area contributed by atoms with Crippen molar-refractivity contribution in [3.8, 4) is 5.75 Å². The zero-order chi connectivity index (χ0) is 14.6. The van der Waals surface area contributed by atoms with E-state index in [1.54, 1.807) is 14.2 Å². The van der Waals surface area contributed by atoms with Crippen molar-refractivity contribution in [3.05, 3.63) is 29.8 Å². The Balaban J connectivity index is 0.00000400. The van der Waals surface area contributed by atoms with Crippen LogP contribution in [0.25, 0.3) is 0 Å². The molecular formula is C15H25ClN2O3. The van der Waals surface area contributed by atoms with Crippen molar-refractivity contribution in [1.82, 2.24) is 10.6 Å². The number of amides is 1. The summed E-state index contributed by atoms with van der Waals surface area (Å²) in [4.78, 5) is 11.5. The lowest BCUT2D eigenvalue weighted by molar-refractivity contribution is -0.120. The molecule has 1 amide bonds. The van der Waals surface area contributed by atoms with Gasteiger partial charge in [-0.05, 0) is 30.5 Å². The van der Waals surface area contributed by atoms with Crippen LogP contribution in [0.1, 0.15) is 12.0 Å². The Kier molecular flexibility index (Phi) is 11.7. The molecule has 0 fully saturated rings. The maximum absolute atomic E-state index is 11.5. The quantitative estimate of drug-likeness (QED) is 0.641. The van der Waals surface area contributed by atoms with Gasteiger partial charge >= 0.3 is 0 Å². The number of methoxy groups -OCH3 is 2. The Hall–Kier alpha value is -1.30. The van der Waals surface area contributed by atoms with Gasteiger partial charge in [-0.2, -0.15) is 0 Å². The van der Waals surface area contributed by atoms with Gasteiger partial charge in [-0.3, -0.25) is 4.79 Å². The minimum Gasteiger partial charge on any atom is -0.497 e. The molecule has 0 aliphatic heterocycles. The fraction of sp³-hybridized carbons (Fsp3) is 0.533. The molecule has 0 aliphatic rings. The van der Waals surface area contributed by atoms with E-state index in [2.05, 4.69) is 16.7 Å². The van der Waals surface area contributed by atoms with Crippen molar-refractivity contribution in [3.63, 3.8) is 0 Å². The molecule has 0 bridgehead atoms. The predicted molar refractivity (Wildman–Crippen MR) is 86.3 cm³/mol. The SMILES string of the molecule is COCCNCC(=O)NCCCc1cccc(OC)c1.Cl. The number of benzene rings is 1. The summed E-state index contributed by atoms with van der Waals surface area (Å²) in [5.41, 5.74) is 1.22. The Morgan fingerprint density at radius 1 is 1.24 bits per heavy atom. The average Bonchev–Trinajstić information content (AvgIpc) is 2.48. The van der Waals surface area contributed by atoms with Crippen LogP contribution in [0.3, 0.4) is 0 Å². The monoisotopic (exact) mass is 316 g/mol. The zero-order valence-electron chi connectivity index (χ0n) is 12.7. The number of hydrogen-bond acceptors (Lipinski definition) is 4. The van der Waals surface area contributed by atoms with Crippen molar-refractivity contribution in [2.75, 3.05) is 40.5 Å². The largest absolute Gasteiger partial charge is 0.497 e. The lowest BCUT2D eigenvalue weighted by atomic mass is 10.1. The van der Waals surface area contributed by atoms with Crippen LogP contribution in [0.15, 0.2) is 24.3 Å². The molecule has 5 nitrogen and oxygen atoms in total. The second-order valence-electron chi connectivity index (χ2n) is 4.47. The summed E-state index contributed by atoms with van der Waals surface area (Å²) in [6.07, 6.45) is 1.84. The second kappa shape index (κ2) is 12.4. The molecule has 0 radical (unpaired) electrons. The van der Waals surface area contributed by atoms with Crippen LogP contribution in [0.5, 0.6) is 5.75 Å². The maximum atomic E-state index is 11.5. The van der Waals surface area contributed by atoms with Gasteiger partial charge in [0.25, 0.3) is 0 Å². The van der Waals surface area contributed by atoms with Crippen LogP contribution in [0, 0.1) is 0 Å². The van der Waals surface area contributed by atoms with Crippen molar-refractivity contribution >= 4 is 18.3 Å². The number of aryl methyl sites for hydroxylation is 1. The van der Waals surface area contributed by atoms with E-state index >= 15 is 0 Å². The Morgan fingerprint density at radius 3 is 2.76 bits per heavy atom. The van der Waals surface area contributed by atoms with E-state index in [-0.39, 0.29) is 18.3 Å². The normalized spacial score (nSPS) is 9.81. The summed E-state index contributed by atoms with van der Waals surface area (Å²) >= 11 is 0. The average molecular weight is 317 g/mol. The van der Waals surface area contributed by atoms with Gasteiger partial charge < -0.3 is 20.1 Å². The van der Waals surface area contributed by atoms with Crippen LogP contribution in [-0.2, 0) is 16.0 Å². The van der Waals surface area contributed by atoms with Gasteiger partial charge in [0.05, 0.1) is 20.3 Å². The summed E-state index contributed by atoms with van der Waals surface area (Å²) < 4.78 is 10.1. The van der Waals surface area contributed by atoms with Crippen LogP contribution >= 0.6 is 12.4 Å². The molecule has 0 saturated carbocycles. The second-order valence-corrected chi connectivity index (χ2v) is 4.47. The van der Waals surface area contributed by atoms with E-state index in [0.29, 0.717) is 26.2 Å². The first-order valence-corrected chi connectivity index (χ1v) is 6.85. The van der Waals surface area contributed by atoms with Gasteiger partial charge in [0.15, 0.2) is 0 Å². The van der Waals surface area contributed by atoms with Gasteiger partial charge in [-0.25, -0.2) is 0 Å². The number of nitrogens with one attached hydrogen (secondary N) is 2. The van der Waals surface area contributed by atoms with Gasteiger partial charge in [0, 0.05) is 20.2 Å². The van der Waals surface area contributed by atoms with Gasteiger partial charge in [0.2, 0.25) is 5.91 Å². The predicted octanol–water partition coefficient (Wildman–Crippen LogP) is 1.40. The van der Waals surface area contributed by atoms with Gasteiger partial charge in [0.1, 0.15) is 5.75 Å². The molecule has 0 aromatic heterocycles. The first kappa shape index (κ1) is 19.7. The van der Waals surface area contributed by atoms with E-state index in [1.807, 2.05) is 18.2 Å². The molecule has 0 spiro atoms. The van der Waals surface area contributed by atoms with E-state index in [1.165, 1.54) is 5.56 Å². The van der Waals surface area contributed by atoms with E-state index in [9.17, 15) is 4.79 Å². The van der Waals surface area contributed by atoms with Crippen LogP contribution in [-0.4, -0.2) is 46.4 Å². The number of carbonyl (C=O) groups is 1. The van der Waals surface area contributed by atoms with Crippen molar-refractivity contribution in [1.29, 1.82) is 0 Å². The maximum Gasteiger partial charge on any atom is 0.233 e. The van der Waals surface area contributed by atoms with Crippen LogP contribution < -0.4 is 15.4 Å². The summed E-state index contributed by atoms with van der Waals surface area (Å²) in [6, 6.07) is 7.99. The van der Waals surface area contributed by atoms with E-state index < -0.39 is 0 Å². The third kappa shape index (κ3) is 9.28. The standard InChI is InChI=1S/C15H24N2O3.ClH/c1-19-10-9-16-12-15(18)17-8-4-6-13-5-3-7-14(11-13)20-2;/h3,5,7,11,16H,4,6,8-10,12H2,1-2H3,(H,17,18);1H. The fourth-order valence-corrected chi connectivity index (χ4v) is 1.79. The molecule has 0 saturated heterocycles. The first-order valence-electron chi connectivity index (χ1n) is 6.85. The minimum absolute atomic E-state index is 0. The summed E-state index contributed by atoms with van der Waals surface area (Å²) in [6.45, 7) is 2.32. The number of ether oxygens (including phenoxy) is 2. The fourth-order valence-electron chi connectivity index (χ4n) is 1.79. The molecule has 1 aromatic carbocycles. The molecule has 0 unspecified atom stereocenters. The molecule has 21 heavy (non-hydrogen) atoms. The summed E-state index contributed by atoms with van der Waals surface area (Å²) in [7, 11) is 3.30. The molecule has 1 rings (SSSR count). The minimum atomic E-state index is 0. The Labute approximate surface area is 132 Å². The van der Waals surface area contributed by atoms with Gasteiger partial charge in [-0.1, -0.05) is 12.1 Å². The smallest absolute Gasteiger partial charge is 0.233 e. The first-order chi connectivity index (χ1) is 9.76. The molecular weight excluding hydrogens is 292 g/mol. The highest BCUT2D eigenvalue weighted by Crippen LogP contribution is 2.13. The molecule has 0 heterocycles. The molecule has 120 valence electrons. The van der Waals surface area contributed by atoms with Crippen molar-refractivity contribution in [2.24, 2.45) is 0 Å². The summed E-state index contributed by atoms with van der Waals surface area (Å²) in [5, 5.41) is 5.89. The number of rotatable bonds is 10. The topological polar surface area (TPSA) is 59.6 Å². The highest BCUT2D eigenvalue weighted by atomic mass is 35.5. The van der Waals surface area contributed by atoms with E-state index in [0.717, 1.165) is 18.6 Å². The lowest BCUT2D eigenvalue weighted by Gasteiger charge is -2.07. The van der Waals surface area contributed by atoms with Crippen LogP contribution in [0.2, 0.25) is 0 Å². The molecule has 2 N–H and O–H groups in total. The number of carbonyl (C=O) groups excluding carboxylic acids is 1. The summed E-state index contributed by atoms with van der Waals surface area (Å²) in [5.74, 6) is 0.889. The third-order valence-electron chi connectivity index (χ3n) is 2.87. The Bertz CT molecular complexity index is 402. The molecule has 0 atom stereocenters. The van der Waals surface area contributed by atoms with Crippen molar-refractivity contribution in [2.45, 2.75) is 12.8 Å². The van der Waals surface area contributed by atoms with Gasteiger partial charge in [-0.15, -0.1) is 12.4 Å². The highest BCUT2D eigenvalue weighted by Gasteiger charge is 2.00. The molecule has 0 aliphatic carbocycles.